The molecule has 1 aromatic heterocycles. The highest BCUT2D eigenvalue weighted by atomic mass is 15.1. The number of hydrogen-bond acceptors (Lipinski definition) is 1. The maximum atomic E-state index is 4.20. The monoisotopic (exact) mass is 168 g/mol. The predicted octanol–water partition coefficient (Wildman–Crippen LogP) is 3.11. The van der Waals surface area contributed by atoms with Gasteiger partial charge in [0.25, 0.3) is 0 Å². The molecule has 2 heteroatoms. The fourth-order valence-corrected chi connectivity index (χ4v) is 1.35. The third-order valence-corrected chi connectivity index (χ3v) is 1.68. The molecular weight excluding hydrogens is 148 g/mol. The molecule has 0 atom stereocenters. The minimum absolute atomic E-state index is 0.530. The van der Waals surface area contributed by atoms with Crippen molar-refractivity contribution in [3.63, 3.8) is 0 Å². The number of aryl methyl sites for hydroxylation is 2. The van der Waals surface area contributed by atoms with Gasteiger partial charge in [-0.15, -0.1) is 0 Å². The van der Waals surface area contributed by atoms with Crippen molar-refractivity contribution >= 4 is 0 Å². The lowest BCUT2D eigenvalue weighted by Crippen LogP contribution is -2.04. The maximum Gasteiger partial charge on any atom is 0.105 e. The average Bonchev–Trinajstić information content (AvgIpc) is 2.35. The molecule has 0 aliphatic heterocycles. The fourth-order valence-electron chi connectivity index (χ4n) is 1.35. The zero-order valence-corrected chi connectivity index (χ0v) is 9.05. The van der Waals surface area contributed by atoms with Gasteiger partial charge in [-0.05, 0) is 27.7 Å². The molecule has 0 amide bonds. The van der Waals surface area contributed by atoms with Crippen LogP contribution in [0.2, 0.25) is 0 Å². The summed E-state index contributed by atoms with van der Waals surface area (Å²) in [5.74, 6) is 1.10. The van der Waals surface area contributed by atoms with Crippen molar-refractivity contribution in [2.24, 2.45) is 0 Å². The van der Waals surface area contributed by atoms with Gasteiger partial charge >= 0.3 is 0 Å². The summed E-state index contributed by atoms with van der Waals surface area (Å²) in [5.41, 5.74) is 1.24. The van der Waals surface area contributed by atoms with Gasteiger partial charge in [0.05, 0.1) is 0 Å². The van der Waals surface area contributed by atoms with E-state index in [-0.39, 0.29) is 0 Å². The second kappa shape index (κ2) is 4.96. The summed E-state index contributed by atoms with van der Waals surface area (Å²) in [7, 11) is 0. The predicted molar refractivity (Wildman–Crippen MR) is 53.4 cm³/mol. The first-order valence-electron chi connectivity index (χ1n) is 4.63. The molecule has 1 rings (SSSR count). The minimum atomic E-state index is 0.530. The topological polar surface area (TPSA) is 17.8 Å². The van der Waals surface area contributed by atoms with Crippen LogP contribution in [0.1, 0.15) is 45.3 Å². The van der Waals surface area contributed by atoms with E-state index in [2.05, 4.69) is 30.3 Å². The number of aromatic nitrogens is 2. The van der Waals surface area contributed by atoms with Crippen LogP contribution in [0.5, 0.6) is 0 Å². The molecule has 2 nitrogen and oxygen atoms in total. The summed E-state index contributed by atoms with van der Waals surface area (Å²) in [4.78, 5) is 4.20. The molecular formula is C10H20N2. The first-order chi connectivity index (χ1) is 5.63. The van der Waals surface area contributed by atoms with Crippen molar-refractivity contribution in [1.82, 2.24) is 9.55 Å². The Morgan fingerprint density at radius 2 is 1.75 bits per heavy atom. The van der Waals surface area contributed by atoms with Crippen LogP contribution in [-0.4, -0.2) is 9.55 Å². The van der Waals surface area contributed by atoms with Crippen LogP contribution in [0.3, 0.4) is 0 Å². The molecule has 1 aromatic rings. The molecule has 0 radical (unpaired) electrons. The van der Waals surface area contributed by atoms with Crippen molar-refractivity contribution in [1.29, 1.82) is 0 Å². The van der Waals surface area contributed by atoms with E-state index in [1.54, 1.807) is 0 Å². The van der Waals surface area contributed by atoms with Gasteiger partial charge in [-0.3, -0.25) is 0 Å². The number of imidazole rings is 1. The lowest BCUT2D eigenvalue weighted by molar-refractivity contribution is 0.569. The third-order valence-electron chi connectivity index (χ3n) is 1.68. The Bertz CT molecular complexity index is 204. The Kier molecular flexibility index (Phi) is 4.64. The average molecular weight is 168 g/mol. The van der Waals surface area contributed by atoms with E-state index in [0.29, 0.717) is 6.04 Å². The standard InChI is InChI=1S/C8H14N2.C2H6/c1-6(2)10-7(3)5-9-8(10)4;1-2/h5-6H,1-4H3;1-2H3. The molecule has 0 fully saturated rings. The normalized spacial score (nSPS) is 9.58. The molecule has 0 saturated carbocycles. The first kappa shape index (κ1) is 11.2. The third kappa shape index (κ3) is 2.36. The summed E-state index contributed by atoms with van der Waals surface area (Å²) in [5, 5.41) is 0. The highest BCUT2D eigenvalue weighted by molar-refractivity contribution is 5.02. The Labute approximate surface area is 75.6 Å². The highest BCUT2D eigenvalue weighted by Crippen LogP contribution is 2.10. The molecule has 1 heterocycles. The van der Waals surface area contributed by atoms with Gasteiger partial charge in [-0.1, -0.05) is 13.8 Å². The lowest BCUT2D eigenvalue weighted by Gasteiger charge is -2.10. The van der Waals surface area contributed by atoms with Crippen molar-refractivity contribution in [2.45, 2.75) is 47.6 Å². The van der Waals surface area contributed by atoms with E-state index in [1.807, 2.05) is 27.0 Å². The molecule has 0 N–H and O–H groups in total. The molecule has 0 aliphatic rings. The Morgan fingerprint density at radius 3 is 1.92 bits per heavy atom. The number of rotatable bonds is 1. The van der Waals surface area contributed by atoms with Gasteiger partial charge in [-0.25, -0.2) is 4.98 Å². The lowest BCUT2D eigenvalue weighted by atomic mass is 10.3. The van der Waals surface area contributed by atoms with Gasteiger partial charge in [0.15, 0.2) is 0 Å². The largest absolute Gasteiger partial charge is 0.330 e. The second-order valence-corrected chi connectivity index (χ2v) is 2.91. The number of hydrogen-bond donors (Lipinski definition) is 0. The Balaban J connectivity index is 0.000000561. The molecule has 0 bridgehead atoms. The minimum Gasteiger partial charge on any atom is -0.330 e. The maximum absolute atomic E-state index is 4.20. The number of nitrogens with zero attached hydrogens (tertiary/aromatic N) is 2. The quantitative estimate of drug-likeness (QED) is 0.630. The Hall–Kier alpha value is -0.790. The van der Waals surface area contributed by atoms with Crippen LogP contribution >= 0.6 is 0 Å². The zero-order chi connectivity index (χ0) is 9.72. The summed E-state index contributed by atoms with van der Waals surface area (Å²) in [6.45, 7) is 12.5. The van der Waals surface area contributed by atoms with Crippen LogP contribution in [0.15, 0.2) is 6.20 Å². The highest BCUT2D eigenvalue weighted by Gasteiger charge is 2.03. The van der Waals surface area contributed by atoms with Crippen LogP contribution in [0.4, 0.5) is 0 Å². The van der Waals surface area contributed by atoms with Gasteiger partial charge in [0, 0.05) is 17.9 Å². The van der Waals surface area contributed by atoms with Crippen molar-refractivity contribution in [3.8, 4) is 0 Å². The molecule has 0 spiro atoms. The van der Waals surface area contributed by atoms with E-state index >= 15 is 0 Å². The summed E-state index contributed by atoms with van der Waals surface area (Å²) in [6.07, 6.45) is 1.91. The van der Waals surface area contributed by atoms with Gasteiger partial charge < -0.3 is 4.57 Å². The molecule has 0 unspecified atom stereocenters. The summed E-state index contributed by atoms with van der Waals surface area (Å²) in [6, 6.07) is 0.530. The van der Waals surface area contributed by atoms with Gasteiger partial charge in [-0.2, -0.15) is 0 Å². The van der Waals surface area contributed by atoms with E-state index in [4.69, 9.17) is 0 Å². The van der Waals surface area contributed by atoms with Crippen molar-refractivity contribution in [3.05, 3.63) is 17.7 Å². The molecule has 0 aromatic carbocycles. The van der Waals surface area contributed by atoms with Crippen LogP contribution in [0, 0.1) is 13.8 Å². The Morgan fingerprint density at radius 1 is 1.25 bits per heavy atom. The second-order valence-electron chi connectivity index (χ2n) is 2.91. The van der Waals surface area contributed by atoms with Crippen LogP contribution in [-0.2, 0) is 0 Å². The van der Waals surface area contributed by atoms with Gasteiger partial charge in [0.2, 0.25) is 0 Å². The van der Waals surface area contributed by atoms with E-state index in [9.17, 15) is 0 Å². The van der Waals surface area contributed by atoms with Gasteiger partial charge in [0.1, 0.15) is 5.82 Å². The first-order valence-corrected chi connectivity index (χ1v) is 4.63. The smallest absolute Gasteiger partial charge is 0.105 e. The molecule has 0 saturated heterocycles. The van der Waals surface area contributed by atoms with Crippen LogP contribution in [0.25, 0.3) is 0 Å². The van der Waals surface area contributed by atoms with Crippen molar-refractivity contribution in [2.75, 3.05) is 0 Å². The summed E-state index contributed by atoms with van der Waals surface area (Å²) >= 11 is 0. The van der Waals surface area contributed by atoms with Crippen LogP contribution < -0.4 is 0 Å². The van der Waals surface area contributed by atoms with E-state index < -0.39 is 0 Å². The molecule has 70 valence electrons. The van der Waals surface area contributed by atoms with E-state index in [0.717, 1.165) is 5.82 Å². The van der Waals surface area contributed by atoms with E-state index in [1.165, 1.54) is 5.69 Å². The summed E-state index contributed by atoms with van der Waals surface area (Å²) < 4.78 is 2.22. The fraction of sp³-hybridized carbons (Fsp3) is 0.700. The molecule has 12 heavy (non-hydrogen) atoms. The SMILES string of the molecule is CC.Cc1cnc(C)n1C(C)C. The van der Waals surface area contributed by atoms with Crippen molar-refractivity contribution < 1.29 is 0 Å². The zero-order valence-electron chi connectivity index (χ0n) is 9.05. The molecule has 0 aliphatic carbocycles.